The lowest BCUT2D eigenvalue weighted by Gasteiger charge is -2.05. The first-order valence-electron chi connectivity index (χ1n) is 5.42. The lowest BCUT2D eigenvalue weighted by Crippen LogP contribution is -2.30. The zero-order chi connectivity index (χ0) is 10.2. The van der Waals surface area contributed by atoms with Crippen LogP contribution in [0.2, 0.25) is 0 Å². The number of nitrogens with one attached hydrogen (secondary N) is 2. The van der Waals surface area contributed by atoms with Crippen molar-refractivity contribution >= 4 is 5.91 Å². The monoisotopic (exact) mass is 196 g/mol. The van der Waals surface area contributed by atoms with Crippen molar-refractivity contribution in [2.45, 2.75) is 32.6 Å². The summed E-state index contributed by atoms with van der Waals surface area (Å²) in [6, 6.07) is 0. The second kappa shape index (κ2) is 6.60. The molecule has 0 fully saturated rings. The minimum absolute atomic E-state index is 0.0466. The Balaban J connectivity index is 1.86. The minimum atomic E-state index is 0.0466. The molecule has 0 saturated carbocycles. The molecule has 0 saturated heterocycles. The molecular weight excluding hydrogens is 176 g/mol. The summed E-state index contributed by atoms with van der Waals surface area (Å²) in [5, 5.41) is 6.07. The molecule has 1 amide bonds. The Bertz CT molecular complexity index is 211. The van der Waals surface area contributed by atoms with Gasteiger partial charge in [0.25, 0.3) is 0 Å². The van der Waals surface area contributed by atoms with Crippen LogP contribution in [0.4, 0.5) is 0 Å². The van der Waals surface area contributed by atoms with Crippen molar-refractivity contribution < 1.29 is 4.79 Å². The van der Waals surface area contributed by atoms with Crippen molar-refractivity contribution in [2.24, 2.45) is 0 Å². The highest BCUT2D eigenvalue weighted by molar-refractivity contribution is 5.72. The van der Waals surface area contributed by atoms with Crippen LogP contribution in [0.3, 0.4) is 0 Å². The molecule has 3 heteroatoms. The highest BCUT2D eigenvalue weighted by atomic mass is 16.1. The number of rotatable bonds is 6. The van der Waals surface area contributed by atoms with E-state index in [1.807, 2.05) is 0 Å². The van der Waals surface area contributed by atoms with E-state index in [0.29, 0.717) is 0 Å². The Hall–Kier alpha value is -0.830. The molecule has 1 aliphatic rings. The summed E-state index contributed by atoms with van der Waals surface area (Å²) in [5.74, 6) is 0.0466. The van der Waals surface area contributed by atoms with E-state index in [4.69, 9.17) is 0 Å². The van der Waals surface area contributed by atoms with Crippen molar-refractivity contribution in [1.82, 2.24) is 10.6 Å². The summed E-state index contributed by atoms with van der Waals surface area (Å²) in [7, 11) is 0. The smallest absolute Gasteiger partial charge is 0.216 e. The SMILES string of the molecule is CC(=O)NCCNCCC1=CCCC1. The molecule has 80 valence electrons. The number of hydrogen-bond donors (Lipinski definition) is 2. The van der Waals surface area contributed by atoms with Gasteiger partial charge in [-0.05, 0) is 32.2 Å². The van der Waals surface area contributed by atoms with Crippen LogP contribution in [0.25, 0.3) is 0 Å². The van der Waals surface area contributed by atoms with Crippen molar-refractivity contribution in [3.05, 3.63) is 11.6 Å². The van der Waals surface area contributed by atoms with Crippen LogP contribution < -0.4 is 10.6 Å². The molecule has 0 unspecified atom stereocenters. The molecule has 0 aromatic carbocycles. The maximum atomic E-state index is 10.5. The molecule has 1 aliphatic carbocycles. The van der Waals surface area contributed by atoms with E-state index in [1.165, 1.54) is 25.7 Å². The zero-order valence-electron chi connectivity index (χ0n) is 8.94. The van der Waals surface area contributed by atoms with Crippen molar-refractivity contribution in [3.63, 3.8) is 0 Å². The number of carbonyl (C=O) groups excluding carboxylic acids is 1. The van der Waals surface area contributed by atoms with E-state index >= 15 is 0 Å². The summed E-state index contributed by atoms with van der Waals surface area (Å²) < 4.78 is 0. The van der Waals surface area contributed by atoms with Gasteiger partial charge in [-0.1, -0.05) is 11.6 Å². The molecule has 0 spiro atoms. The highest BCUT2D eigenvalue weighted by Crippen LogP contribution is 2.19. The van der Waals surface area contributed by atoms with Gasteiger partial charge in [0.15, 0.2) is 0 Å². The maximum Gasteiger partial charge on any atom is 0.216 e. The first-order chi connectivity index (χ1) is 6.79. The second-order valence-corrected chi connectivity index (χ2v) is 3.74. The van der Waals surface area contributed by atoms with Gasteiger partial charge in [-0.15, -0.1) is 0 Å². The fourth-order valence-corrected chi connectivity index (χ4v) is 1.67. The molecule has 0 bridgehead atoms. The third-order valence-corrected chi connectivity index (χ3v) is 2.43. The van der Waals surface area contributed by atoms with E-state index in [2.05, 4.69) is 16.7 Å². The molecule has 0 aromatic heterocycles. The Morgan fingerprint density at radius 3 is 2.93 bits per heavy atom. The van der Waals surface area contributed by atoms with Crippen LogP contribution in [-0.4, -0.2) is 25.5 Å². The first-order valence-corrected chi connectivity index (χ1v) is 5.42. The van der Waals surface area contributed by atoms with E-state index in [0.717, 1.165) is 19.6 Å². The van der Waals surface area contributed by atoms with Gasteiger partial charge in [0.2, 0.25) is 5.91 Å². The average Bonchev–Trinajstić information content (AvgIpc) is 2.63. The van der Waals surface area contributed by atoms with Gasteiger partial charge >= 0.3 is 0 Å². The summed E-state index contributed by atoms with van der Waals surface area (Å²) in [6.45, 7) is 4.18. The van der Waals surface area contributed by atoms with Crippen LogP contribution in [0.15, 0.2) is 11.6 Å². The maximum absolute atomic E-state index is 10.5. The predicted octanol–water partition coefficient (Wildman–Crippen LogP) is 1.21. The molecule has 2 N–H and O–H groups in total. The van der Waals surface area contributed by atoms with E-state index < -0.39 is 0 Å². The summed E-state index contributed by atoms with van der Waals surface area (Å²) >= 11 is 0. The molecule has 0 radical (unpaired) electrons. The average molecular weight is 196 g/mol. The van der Waals surface area contributed by atoms with Gasteiger partial charge in [-0.2, -0.15) is 0 Å². The Morgan fingerprint density at radius 1 is 1.43 bits per heavy atom. The van der Waals surface area contributed by atoms with Crippen molar-refractivity contribution in [3.8, 4) is 0 Å². The quantitative estimate of drug-likeness (QED) is 0.495. The molecular formula is C11H20N2O. The van der Waals surface area contributed by atoms with Crippen LogP contribution in [-0.2, 0) is 4.79 Å². The van der Waals surface area contributed by atoms with Gasteiger partial charge in [0, 0.05) is 20.0 Å². The van der Waals surface area contributed by atoms with Gasteiger partial charge in [0.05, 0.1) is 0 Å². The Morgan fingerprint density at radius 2 is 2.29 bits per heavy atom. The Kier molecular flexibility index (Phi) is 5.30. The standard InChI is InChI=1S/C11H20N2O/c1-10(14)13-9-8-12-7-6-11-4-2-3-5-11/h4,12H,2-3,5-9H2,1H3,(H,13,14). The van der Waals surface area contributed by atoms with Crippen LogP contribution in [0.5, 0.6) is 0 Å². The summed E-state index contributed by atoms with van der Waals surface area (Å²) in [6.07, 6.45) is 7.41. The predicted molar refractivity (Wildman–Crippen MR) is 58.1 cm³/mol. The molecule has 0 aromatic rings. The van der Waals surface area contributed by atoms with Gasteiger partial charge in [0.1, 0.15) is 0 Å². The van der Waals surface area contributed by atoms with Gasteiger partial charge in [-0.25, -0.2) is 0 Å². The fraction of sp³-hybridized carbons (Fsp3) is 0.727. The van der Waals surface area contributed by atoms with Gasteiger partial charge < -0.3 is 10.6 Å². The third-order valence-electron chi connectivity index (χ3n) is 2.43. The first kappa shape index (κ1) is 11.2. The fourth-order valence-electron chi connectivity index (χ4n) is 1.67. The largest absolute Gasteiger partial charge is 0.355 e. The van der Waals surface area contributed by atoms with Crippen LogP contribution in [0, 0.1) is 0 Å². The normalized spacial score (nSPS) is 15.4. The second-order valence-electron chi connectivity index (χ2n) is 3.74. The topological polar surface area (TPSA) is 41.1 Å². The number of hydrogen-bond acceptors (Lipinski definition) is 2. The molecule has 0 heterocycles. The summed E-state index contributed by atoms with van der Waals surface area (Å²) in [5.41, 5.74) is 1.59. The minimum Gasteiger partial charge on any atom is -0.355 e. The molecule has 1 rings (SSSR count). The van der Waals surface area contributed by atoms with Crippen molar-refractivity contribution in [2.75, 3.05) is 19.6 Å². The van der Waals surface area contributed by atoms with E-state index in [9.17, 15) is 4.79 Å². The molecule has 0 aliphatic heterocycles. The lowest BCUT2D eigenvalue weighted by atomic mass is 10.2. The van der Waals surface area contributed by atoms with E-state index in [1.54, 1.807) is 12.5 Å². The Labute approximate surface area is 86.0 Å². The molecule has 0 atom stereocenters. The number of amides is 1. The van der Waals surface area contributed by atoms with Crippen LogP contribution >= 0.6 is 0 Å². The highest BCUT2D eigenvalue weighted by Gasteiger charge is 2.02. The lowest BCUT2D eigenvalue weighted by molar-refractivity contribution is -0.118. The van der Waals surface area contributed by atoms with Crippen LogP contribution in [0.1, 0.15) is 32.6 Å². The number of carbonyl (C=O) groups is 1. The molecule has 14 heavy (non-hydrogen) atoms. The zero-order valence-corrected chi connectivity index (χ0v) is 8.94. The number of allylic oxidation sites excluding steroid dienone is 1. The molecule has 3 nitrogen and oxygen atoms in total. The third kappa shape index (κ3) is 5.02. The van der Waals surface area contributed by atoms with Gasteiger partial charge in [-0.3, -0.25) is 4.79 Å². The van der Waals surface area contributed by atoms with E-state index in [-0.39, 0.29) is 5.91 Å². The summed E-state index contributed by atoms with van der Waals surface area (Å²) in [4.78, 5) is 10.5. The van der Waals surface area contributed by atoms with Crippen molar-refractivity contribution in [1.29, 1.82) is 0 Å².